The van der Waals surface area contributed by atoms with Gasteiger partial charge in [0.05, 0.1) is 0 Å². The van der Waals surface area contributed by atoms with Crippen molar-refractivity contribution in [2.24, 2.45) is 11.7 Å². The molecule has 0 bridgehead atoms. The highest BCUT2D eigenvalue weighted by Gasteiger charge is 2.38. The van der Waals surface area contributed by atoms with Gasteiger partial charge in [-0.25, -0.2) is 0 Å². The molecule has 116 valence electrons. The van der Waals surface area contributed by atoms with Crippen molar-refractivity contribution in [1.82, 2.24) is 4.90 Å². The number of piperidine rings is 1. The van der Waals surface area contributed by atoms with Crippen molar-refractivity contribution in [3.05, 3.63) is 29.8 Å². The van der Waals surface area contributed by atoms with Gasteiger partial charge in [-0.3, -0.25) is 4.90 Å². The maximum absolute atomic E-state index is 6.28. The fraction of sp³-hybridized carbons (Fsp3) is 0.667. The van der Waals surface area contributed by atoms with Crippen LogP contribution in [0.2, 0.25) is 0 Å². The molecule has 0 spiro atoms. The van der Waals surface area contributed by atoms with Crippen molar-refractivity contribution in [1.29, 1.82) is 0 Å². The second-order valence-corrected chi connectivity index (χ2v) is 7.24. The van der Waals surface area contributed by atoms with Gasteiger partial charge >= 0.3 is 0 Å². The molecule has 2 aliphatic rings. The standard InChI is InChI=1S/C18H28N2O/c1-4-13-12-20(10-9-15(13)19)16-11-18(2,3)21-17-8-6-5-7-14(16)17/h5-8,13,15-16H,4,9-12,19H2,1-3H3. The molecule has 3 rings (SSSR count). The van der Waals surface area contributed by atoms with E-state index in [1.54, 1.807) is 0 Å². The van der Waals surface area contributed by atoms with Gasteiger partial charge in [0.2, 0.25) is 0 Å². The molecule has 2 N–H and O–H groups in total. The molecular formula is C18H28N2O. The zero-order chi connectivity index (χ0) is 15.0. The summed E-state index contributed by atoms with van der Waals surface area (Å²) in [5.74, 6) is 1.68. The first-order valence-electron chi connectivity index (χ1n) is 8.28. The number of benzene rings is 1. The van der Waals surface area contributed by atoms with Gasteiger partial charge in [-0.15, -0.1) is 0 Å². The molecule has 0 amide bonds. The molecule has 1 fully saturated rings. The first-order valence-corrected chi connectivity index (χ1v) is 8.28. The maximum Gasteiger partial charge on any atom is 0.124 e. The molecule has 1 aromatic rings. The summed E-state index contributed by atoms with van der Waals surface area (Å²) in [6.45, 7) is 8.88. The summed E-state index contributed by atoms with van der Waals surface area (Å²) in [5.41, 5.74) is 7.53. The van der Waals surface area contributed by atoms with Gasteiger partial charge in [-0.05, 0) is 32.3 Å². The Bertz CT molecular complexity index is 500. The van der Waals surface area contributed by atoms with E-state index in [1.807, 2.05) is 0 Å². The van der Waals surface area contributed by atoms with Crippen LogP contribution in [0.3, 0.4) is 0 Å². The average molecular weight is 288 g/mol. The number of rotatable bonds is 2. The van der Waals surface area contributed by atoms with Crippen LogP contribution >= 0.6 is 0 Å². The Morgan fingerprint density at radius 2 is 2.10 bits per heavy atom. The lowest BCUT2D eigenvalue weighted by Crippen LogP contribution is -2.50. The number of hydrogen-bond donors (Lipinski definition) is 1. The maximum atomic E-state index is 6.28. The predicted octanol–water partition coefficient (Wildman–Crippen LogP) is 3.35. The van der Waals surface area contributed by atoms with Crippen LogP contribution in [0.15, 0.2) is 24.3 Å². The van der Waals surface area contributed by atoms with Gasteiger partial charge in [-0.1, -0.05) is 31.5 Å². The lowest BCUT2D eigenvalue weighted by atomic mass is 9.84. The number of likely N-dealkylation sites (tertiary alicyclic amines) is 1. The van der Waals surface area contributed by atoms with E-state index >= 15 is 0 Å². The summed E-state index contributed by atoms with van der Waals surface area (Å²) >= 11 is 0. The van der Waals surface area contributed by atoms with Gasteiger partial charge in [0.25, 0.3) is 0 Å². The summed E-state index contributed by atoms with van der Waals surface area (Å²) in [6, 6.07) is 9.36. The Balaban J connectivity index is 1.87. The van der Waals surface area contributed by atoms with E-state index in [2.05, 4.69) is 49.9 Å². The molecule has 21 heavy (non-hydrogen) atoms. The van der Waals surface area contributed by atoms with Crippen molar-refractivity contribution >= 4 is 0 Å². The monoisotopic (exact) mass is 288 g/mol. The number of nitrogens with two attached hydrogens (primary N) is 1. The number of fused-ring (bicyclic) bond motifs is 1. The van der Waals surface area contributed by atoms with Crippen molar-refractivity contribution in [3.63, 3.8) is 0 Å². The fourth-order valence-electron chi connectivity index (χ4n) is 3.88. The SMILES string of the molecule is CCC1CN(C2CC(C)(C)Oc3ccccc32)CCC1N. The molecule has 3 unspecified atom stereocenters. The van der Waals surface area contributed by atoms with Crippen LogP contribution < -0.4 is 10.5 Å². The molecule has 0 radical (unpaired) electrons. The Hall–Kier alpha value is -1.06. The first-order chi connectivity index (χ1) is 10.00. The molecule has 3 heteroatoms. The topological polar surface area (TPSA) is 38.5 Å². The van der Waals surface area contributed by atoms with Crippen molar-refractivity contribution in [3.8, 4) is 5.75 Å². The van der Waals surface area contributed by atoms with E-state index in [1.165, 1.54) is 12.0 Å². The molecule has 2 aliphatic heterocycles. The third-order valence-electron chi connectivity index (χ3n) is 5.14. The molecule has 3 nitrogen and oxygen atoms in total. The summed E-state index contributed by atoms with van der Waals surface area (Å²) in [4.78, 5) is 2.64. The third-order valence-corrected chi connectivity index (χ3v) is 5.14. The molecule has 2 heterocycles. The lowest BCUT2D eigenvalue weighted by Gasteiger charge is -2.46. The van der Waals surface area contributed by atoms with Gasteiger partial charge in [0.1, 0.15) is 11.4 Å². The molecule has 0 aromatic heterocycles. The van der Waals surface area contributed by atoms with Gasteiger partial charge in [-0.2, -0.15) is 0 Å². The van der Waals surface area contributed by atoms with Crippen molar-refractivity contribution < 1.29 is 4.74 Å². The quantitative estimate of drug-likeness (QED) is 0.907. The number of para-hydroxylation sites is 1. The molecule has 0 aliphatic carbocycles. The largest absolute Gasteiger partial charge is 0.487 e. The zero-order valence-electron chi connectivity index (χ0n) is 13.5. The summed E-state index contributed by atoms with van der Waals surface area (Å²) in [5, 5.41) is 0. The van der Waals surface area contributed by atoms with Crippen LogP contribution in [0.5, 0.6) is 5.75 Å². The minimum absolute atomic E-state index is 0.0969. The average Bonchev–Trinajstić information content (AvgIpc) is 2.46. The molecule has 1 saturated heterocycles. The first kappa shape index (κ1) is 14.9. The van der Waals surface area contributed by atoms with E-state index in [0.29, 0.717) is 18.0 Å². The van der Waals surface area contributed by atoms with Gasteiger partial charge < -0.3 is 10.5 Å². The minimum Gasteiger partial charge on any atom is -0.487 e. The molecule has 1 aromatic carbocycles. The highest BCUT2D eigenvalue weighted by molar-refractivity contribution is 5.38. The summed E-state index contributed by atoms with van der Waals surface area (Å²) in [6.07, 6.45) is 3.33. The van der Waals surface area contributed by atoms with E-state index in [9.17, 15) is 0 Å². The second-order valence-electron chi connectivity index (χ2n) is 7.24. The van der Waals surface area contributed by atoms with Crippen molar-refractivity contribution in [2.45, 2.75) is 57.7 Å². The Morgan fingerprint density at radius 1 is 1.33 bits per heavy atom. The summed E-state index contributed by atoms with van der Waals surface area (Å²) < 4.78 is 6.16. The normalized spacial score (nSPS) is 32.3. The van der Waals surface area contributed by atoms with E-state index in [4.69, 9.17) is 10.5 Å². The Morgan fingerprint density at radius 3 is 2.86 bits per heavy atom. The number of ether oxygens (including phenoxy) is 1. The lowest BCUT2D eigenvalue weighted by molar-refractivity contribution is 0.0117. The second kappa shape index (κ2) is 5.62. The van der Waals surface area contributed by atoms with Crippen LogP contribution in [-0.2, 0) is 0 Å². The molecular weight excluding hydrogens is 260 g/mol. The Kier molecular flexibility index (Phi) is 3.98. The van der Waals surface area contributed by atoms with E-state index in [-0.39, 0.29) is 5.60 Å². The number of nitrogens with zero attached hydrogens (tertiary/aromatic N) is 1. The van der Waals surface area contributed by atoms with Gasteiger partial charge in [0.15, 0.2) is 0 Å². The van der Waals surface area contributed by atoms with E-state index < -0.39 is 0 Å². The predicted molar refractivity (Wildman–Crippen MR) is 86.5 cm³/mol. The van der Waals surface area contributed by atoms with Crippen LogP contribution in [0, 0.1) is 5.92 Å². The summed E-state index contributed by atoms with van der Waals surface area (Å²) in [7, 11) is 0. The van der Waals surface area contributed by atoms with Gasteiger partial charge in [0, 0.05) is 37.2 Å². The minimum atomic E-state index is -0.0969. The Labute approximate surface area is 128 Å². The van der Waals surface area contributed by atoms with Crippen LogP contribution in [0.25, 0.3) is 0 Å². The van der Waals surface area contributed by atoms with Crippen LogP contribution in [0.4, 0.5) is 0 Å². The smallest absolute Gasteiger partial charge is 0.124 e. The van der Waals surface area contributed by atoms with Crippen molar-refractivity contribution in [2.75, 3.05) is 13.1 Å². The third kappa shape index (κ3) is 2.95. The number of hydrogen-bond acceptors (Lipinski definition) is 3. The van der Waals surface area contributed by atoms with Crippen LogP contribution in [-0.4, -0.2) is 29.6 Å². The zero-order valence-corrected chi connectivity index (χ0v) is 13.5. The molecule has 0 saturated carbocycles. The van der Waals surface area contributed by atoms with E-state index in [0.717, 1.165) is 31.7 Å². The fourth-order valence-corrected chi connectivity index (χ4v) is 3.88. The molecule has 3 atom stereocenters. The van der Waals surface area contributed by atoms with Crippen LogP contribution in [0.1, 0.15) is 51.6 Å². The highest BCUT2D eigenvalue weighted by atomic mass is 16.5. The highest BCUT2D eigenvalue weighted by Crippen LogP contribution is 2.43.